The monoisotopic (exact) mass is 483 g/mol. The molecular weight excluding hydrogens is 465 g/mol. The molecule has 0 unspecified atom stereocenters. The maximum atomic E-state index is 15.2. The van der Waals surface area contributed by atoms with Crippen LogP contribution in [0, 0.1) is 5.82 Å². The van der Waals surface area contributed by atoms with Crippen molar-refractivity contribution >= 4 is 44.1 Å². The molecule has 168 valence electrons. The summed E-state index contributed by atoms with van der Waals surface area (Å²) in [5.74, 6) is -1.90. The summed E-state index contributed by atoms with van der Waals surface area (Å²) in [6, 6.07) is 16.6. The summed E-state index contributed by atoms with van der Waals surface area (Å²) in [5, 5.41) is -0.125. The van der Waals surface area contributed by atoms with E-state index in [0.717, 1.165) is 5.56 Å². The molecule has 0 aliphatic heterocycles. The molecule has 0 saturated heterocycles. The number of carbonyl (C=O) groups is 1. The number of hydrogen-bond donors (Lipinski definition) is 1. The van der Waals surface area contributed by atoms with Crippen LogP contribution < -0.4 is 4.72 Å². The summed E-state index contributed by atoms with van der Waals surface area (Å²) in [6.07, 6.45) is 2.00. The van der Waals surface area contributed by atoms with E-state index >= 15 is 4.39 Å². The van der Waals surface area contributed by atoms with Gasteiger partial charge in [0, 0.05) is 11.1 Å². The Morgan fingerprint density at radius 2 is 1.82 bits per heavy atom. The minimum Gasteiger partial charge on any atom is -0.288 e. The molecule has 0 spiro atoms. The van der Waals surface area contributed by atoms with E-state index < -0.39 is 27.2 Å². The summed E-state index contributed by atoms with van der Waals surface area (Å²) in [6.45, 7) is 1.69. The minimum atomic E-state index is -3.75. The highest BCUT2D eigenvalue weighted by atomic mass is 35.5. The Morgan fingerprint density at radius 1 is 1.06 bits per heavy atom. The number of nitrogens with zero attached hydrogens (tertiary/aromatic N) is 2. The summed E-state index contributed by atoms with van der Waals surface area (Å²) >= 11 is 6.14. The molecule has 6 nitrogen and oxygen atoms in total. The van der Waals surface area contributed by atoms with Crippen LogP contribution in [0.25, 0.3) is 22.3 Å². The number of nitrogens with one attached hydrogen (secondary N) is 1. The lowest BCUT2D eigenvalue weighted by molar-refractivity contribution is 0.103. The first-order chi connectivity index (χ1) is 15.8. The Hall–Kier alpha value is -3.36. The van der Waals surface area contributed by atoms with Crippen molar-refractivity contribution in [2.75, 3.05) is 10.5 Å². The van der Waals surface area contributed by atoms with Crippen LogP contribution in [0.1, 0.15) is 29.3 Å². The van der Waals surface area contributed by atoms with Gasteiger partial charge in [0.05, 0.1) is 45.0 Å². The molecule has 0 atom stereocenters. The van der Waals surface area contributed by atoms with Crippen molar-refractivity contribution < 1.29 is 17.6 Å². The van der Waals surface area contributed by atoms with Crippen LogP contribution in [0.4, 0.5) is 10.1 Å². The molecule has 1 N–H and O–H groups in total. The number of hydrogen-bond acceptors (Lipinski definition) is 5. The number of sulfonamides is 1. The summed E-state index contributed by atoms with van der Waals surface area (Å²) in [5.41, 5.74) is 1.92. The number of carbonyl (C=O) groups excluding carboxylic acids is 1. The van der Waals surface area contributed by atoms with Gasteiger partial charge < -0.3 is 0 Å². The van der Waals surface area contributed by atoms with Gasteiger partial charge in [0.1, 0.15) is 0 Å². The van der Waals surface area contributed by atoms with Crippen LogP contribution >= 0.6 is 11.6 Å². The highest BCUT2D eigenvalue weighted by Gasteiger charge is 2.23. The van der Waals surface area contributed by atoms with Gasteiger partial charge in [-0.05, 0) is 36.8 Å². The molecule has 0 bridgehead atoms. The molecule has 0 amide bonds. The van der Waals surface area contributed by atoms with Crippen molar-refractivity contribution in [1.82, 2.24) is 9.97 Å². The van der Waals surface area contributed by atoms with Crippen molar-refractivity contribution in [3.05, 3.63) is 88.8 Å². The van der Waals surface area contributed by atoms with E-state index in [2.05, 4.69) is 14.7 Å². The Labute approximate surface area is 195 Å². The van der Waals surface area contributed by atoms with E-state index in [-0.39, 0.29) is 22.0 Å². The van der Waals surface area contributed by atoms with Crippen LogP contribution in [0.15, 0.2) is 66.9 Å². The fraction of sp³-hybridized carbons (Fsp3) is 0.125. The quantitative estimate of drug-likeness (QED) is 0.352. The van der Waals surface area contributed by atoms with E-state index in [1.165, 1.54) is 24.3 Å². The molecule has 0 aliphatic rings. The van der Waals surface area contributed by atoms with Crippen LogP contribution in [-0.4, -0.2) is 29.9 Å². The first-order valence-electron chi connectivity index (χ1n) is 10.1. The first kappa shape index (κ1) is 22.8. The number of fused-ring (bicyclic) bond motifs is 1. The second kappa shape index (κ2) is 9.25. The van der Waals surface area contributed by atoms with Gasteiger partial charge >= 0.3 is 0 Å². The third-order valence-corrected chi connectivity index (χ3v) is 6.72. The Kier molecular flexibility index (Phi) is 6.40. The first-order valence-corrected chi connectivity index (χ1v) is 12.2. The van der Waals surface area contributed by atoms with Gasteiger partial charge in [-0.3, -0.25) is 14.5 Å². The Balaban J connectivity index is 1.74. The van der Waals surface area contributed by atoms with Crippen molar-refractivity contribution in [2.24, 2.45) is 0 Å². The van der Waals surface area contributed by atoms with E-state index in [1.807, 2.05) is 30.3 Å². The Bertz CT molecular complexity index is 1460. The molecule has 9 heteroatoms. The number of benzene rings is 3. The zero-order valence-corrected chi connectivity index (χ0v) is 19.1. The molecule has 0 radical (unpaired) electrons. The molecule has 1 heterocycles. The van der Waals surface area contributed by atoms with Gasteiger partial charge in [-0.25, -0.2) is 17.8 Å². The van der Waals surface area contributed by atoms with E-state index in [4.69, 9.17) is 11.6 Å². The SMILES string of the molecule is CCCS(=O)(=O)Nc1ccc(Cl)c(C(=O)c2ccc3ncc(-c4ccccc4)nc3c2)c1F. The molecule has 1 aromatic heterocycles. The van der Waals surface area contributed by atoms with E-state index in [9.17, 15) is 13.2 Å². The van der Waals surface area contributed by atoms with Crippen molar-refractivity contribution in [1.29, 1.82) is 0 Å². The number of halogens is 2. The average molecular weight is 484 g/mol. The molecule has 4 rings (SSSR count). The number of anilines is 1. The van der Waals surface area contributed by atoms with Gasteiger partial charge in [0.15, 0.2) is 11.6 Å². The second-order valence-corrected chi connectivity index (χ2v) is 9.61. The normalized spacial score (nSPS) is 11.5. The van der Waals surface area contributed by atoms with Crippen molar-refractivity contribution in [3.63, 3.8) is 0 Å². The van der Waals surface area contributed by atoms with E-state index in [1.54, 1.807) is 19.2 Å². The van der Waals surface area contributed by atoms with Crippen LogP contribution in [0.5, 0.6) is 0 Å². The summed E-state index contributed by atoms with van der Waals surface area (Å²) < 4.78 is 41.5. The Morgan fingerprint density at radius 3 is 2.55 bits per heavy atom. The molecule has 0 aliphatic carbocycles. The molecule has 0 saturated carbocycles. The smallest absolute Gasteiger partial charge is 0.232 e. The number of ketones is 1. The average Bonchev–Trinajstić information content (AvgIpc) is 2.80. The van der Waals surface area contributed by atoms with Crippen LogP contribution in [0.2, 0.25) is 5.02 Å². The molecular formula is C24H19ClFN3O3S. The van der Waals surface area contributed by atoms with Gasteiger partial charge in [-0.1, -0.05) is 48.9 Å². The number of aromatic nitrogens is 2. The molecule has 4 aromatic rings. The van der Waals surface area contributed by atoms with Gasteiger partial charge in [-0.15, -0.1) is 0 Å². The summed E-state index contributed by atoms with van der Waals surface area (Å²) in [4.78, 5) is 22.1. The van der Waals surface area contributed by atoms with Gasteiger partial charge in [0.2, 0.25) is 10.0 Å². The molecule has 0 fully saturated rings. The standard InChI is InChI=1S/C24H19ClFN3O3S/c1-2-12-33(31,32)29-19-11-9-17(25)22(23(19)26)24(30)16-8-10-18-20(13-16)28-21(14-27-18)15-6-4-3-5-7-15/h3-11,13-14,29H,2,12H2,1H3. The lowest BCUT2D eigenvalue weighted by Crippen LogP contribution is -2.18. The van der Waals surface area contributed by atoms with Crippen LogP contribution in [-0.2, 0) is 10.0 Å². The fourth-order valence-corrected chi connectivity index (χ4v) is 4.74. The summed E-state index contributed by atoms with van der Waals surface area (Å²) in [7, 11) is -3.75. The van der Waals surface area contributed by atoms with Gasteiger partial charge in [0.25, 0.3) is 0 Å². The predicted molar refractivity (Wildman–Crippen MR) is 128 cm³/mol. The van der Waals surface area contributed by atoms with Crippen LogP contribution in [0.3, 0.4) is 0 Å². The highest BCUT2D eigenvalue weighted by molar-refractivity contribution is 7.92. The molecule has 3 aromatic carbocycles. The minimum absolute atomic E-state index is 0.125. The van der Waals surface area contributed by atoms with Crippen molar-refractivity contribution in [3.8, 4) is 11.3 Å². The second-order valence-electron chi connectivity index (χ2n) is 7.36. The lowest BCUT2D eigenvalue weighted by Gasteiger charge is -2.12. The maximum Gasteiger partial charge on any atom is 0.232 e. The van der Waals surface area contributed by atoms with Gasteiger partial charge in [-0.2, -0.15) is 0 Å². The maximum absolute atomic E-state index is 15.2. The van der Waals surface area contributed by atoms with Crippen molar-refractivity contribution in [2.45, 2.75) is 13.3 Å². The topological polar surface area (TPSA) is 89.0 Å². The zero-order valence-electron chi connectivity index (χ0n) is 17.5. The largest absolute Gasteiger partial charge is 0.288 e. The fourth-order valence-electron chi connectivity index (χ4n) is 3.37. The lowest BCUT2D eigenvalue weighted by atomic mass is 10.0. The predicted octanol–water partition coefficient (Wildman–Crippen LogP) is 5.47. The zero-order chi connectivity index (χ0) is 23.6. The number of rotatable bonds is 7. The highest BCUT2D eigenvalue weighted by Crippen LogP contribution is 2.29. The molecule has 33 heavy (non-hydrogen) atoms. The third kappa shape index (κ3) is 4.86. The third-order valence-electron chi connectivity index (χ3n) is 4.93. The van der Waals surface area contributed by atoms with E-state index in [0.29, 0.717) is 23.1 Å².